The van der Waals surface area contributed by atoms with Crippen molar-refractivity contribution in [3.8, 4) is 5.75 Å². The van der Waals surface area contributed by atoms with Crippen LogP contribution in [0.1, 0.15) is 52.5 Å². The van der Waals surface area contributed by atoms with Crippen molar-refractivity contribution in [2.45, 2.75) is 59.5 Å². The van der Waals surface area contributed by atoms with Gasteiger partial charge in [0, 0.05) is 0 Å². The second-order valence-corrected chi connectivity index (χ2v) is 7.00. The molecule has 1 aliphatic carbocycles. The molecule has 2 unspecified atom stereocenters. The van der Waals surface area contributed by atoms with E-state index in [0.29, 0.717) is 11.5 Å². The molecule has 0 bridgehead atoms. The van der Waals surface area contributed by atoms with Gasteiger partial charge in [-0.3, -0.25) is 0 Å². The van der Waals surface area contributed by atoms with E-state index in [1.165, 1.54) is 24.8 Å². The van der Waals surface area contributed by atoms with Gasteiger partial charge in [-0.05, 0) is 48.6 Å². The van der Waals surface area contributed by atoms with Crippen molar-refractivity contribution >= 4 is 0 Å². The highest BCUT2D eigenvalue weighted by atomic mass is 16.5. The number of para-hydroxylation sites is 1. The van der Waals surface area contributed by atoms with Crippen molar-refractivity contribution in [1.82, 2.24) is 0 Å². The number of ether oxygens (including phenoxy) is 1. The third-order valence-electron chi connectivity index (χ3n) is 3.63. The zero-order chi connectivity index (χ0) is 13.2. The molecule has 1 aromatic carbocycles. The molecular formula is C17H26O. The van der Waals surface area contributed by atoms with Gasteiger partial charge in [0.2, 0.25) is 0 Å². The summed E-state index contributed by atoms with van der Waals surface area (Å²) < 4.78 is 6.22. The molecule has 0 radical (unpaired) electrons. The molecule has 1 aromatic rings. The number of hydrogen-bond donors (Lipinski definition) is 0. The van der Waals surface area contributed by atoms with E-state index in [1.807, 2.05) is 0 Å². The van der Waals surface area contributed by atoms with E-state index in [0.717, 1.165) is 18.1 Å². The van der Waals surface area contributed by atoms with Gasteiger partial charge in [-0.25, -0.2) is 0 Å². The normalized spacial score (nSPS) is 24.2. The maximum atomic E-state index is 6.22. The molecule has 0 aliphatic heterocycles. The first-order chi connectivity index (χ1) is 8.44. The molecule has 100 valence electrons. The Bertz CT molecular complexity index is 389. The lowest BCUT2D eigenvalue weighted by Crippen LogP contribution is -2.15. The van der Waals surface area contributed by atoms with Crippen LogP contribution in [-0.4, -0.2) is 6.10 Å². The molecule has 0 spiro atoms. The van der Waals surface area contributed by atoms with Crippen molar-refractivity contribution in [2.24, 2.45) is 11.3 Å². The number of hydrogen-bond acceptors (Lipinski definition) is 1. The summed E-state index contributed by atoms with van der Waals surface area (Å²) in [7, 11) is 0. The molecule has 0 heterocycles. The van der Waals surface area contributed by atoms with Gasteiger partial charge in [0.25, 0.3) is 0 Å². The number of rotatable bonds is 3. The molecule has 18 heavy (non-hydrogen) atoms. The van der Waals surface area contributed by atoms with Crippen molar-refractivity contribution in [2.75, 3.05) is 0 Å². The van der Waals surface area contributed by atoms with E-state index in [-0.39, 0.29) is 0 Å². The zero-order valence-corrected chi connectivity index (χ0v) is 12.2. The summed E-state index contributed by atoms with van der Waals surface area (Å²) in [5, 5.41) is 0. The Hall–Kier alpha value is -0.980. The van der Waals surface area contributed by atoms with E-state index >= 15 is 0 Å². The second-order valence-electron chi connectivity index (χ2n) is 7.00. The Labute approximate surface area is 112 Å². The highest BCUT2D eigenvalue weighted by Gasteiger charge is 2.24. The quantitative estimate of drug-likeness (QED) is 0.741. The van der Waals surface area contributed by atoms with Crippen LogP contribution in [0.25, 0.3) is 0 Å². The minimum atomic E-state index is 0.308. The lowest BCUT2D eigenvalue weighted by atomic mass is 9.88. The molecule has 1 saturated carbocycles. The van der Waals surface area contributed by atoms with Crippen molar-refractivity contribution in [3.63, 3.8) is 0 Å². The SMILES string of the molecule is CC1CCC(Oc2ccccc2CC(C)(C)C)C1. The Morgan fingerprint density at radius 3 is 2.50 bits per heavy atom. The summed E-state index contributed by atoms with van der Waals surface area (Å²) in [6.45, 7) is 9.16. The van der Waals surface area contributed by atoms with Crippen LogP contribution in [-0.2, 0) is 6.42 Å². The molecule has 0 N–H and O–H groups in total. The monoisotopic (exact) mass is 246 g/mol. The molecule has 0 saturated heterocycles. The van der Waals surface area contributed by atoms with Gasteiger partial charge in [-0.15, -0.1) is 0 Å². The van der Waals surface area contributed by atoms with Crippen molar-refractivity contribution in [3.05, 3.63) is 29.8 Å². The van der Waals surface area contributed by atoms with Crippen LogP contribution in [0.4, 0.5) is 0 Å². The Balaban J connectivity index is 2.07. The minimum absolute atomic E-state index is 0.308. The minimum Gasteiger partial charge on any atom is -0.490 e. The zero-order valence-electron chi connectivity index (χ0n) is 12.2. The molecule has 1 heteroatoms. The van der Waals surface area contributed by atoms with Gasteiger partial charge in [-0.2, -0.15) is 0 Å². The third kappa shape index (κ3) is 3.76. The molecule has 1 fully saturated rings. The standard InChI is InChI=1S/C17H26O/c1-13-9-10-15(11-13)18-16-8-6-5-7-14(16)12-17(2,3)4/h5-8,13,15H,9-12H2,1-4H3. The summed E-state index contributed by atoms with van der Waals surface area (Å²) in [5.41, 5.74) is 1.66. The smallest absolute Gasteiger partial charge is 0.122 e. The number of benzene rings is 1. The Kier molecular flexibility index (Phi) is 3.99. The van der Waals surface area contributed by atoms with Gasteiger partial charge >= 0.3 is 0 Å². The fourth-order valence-corrected chi connectivity index (χ4v) is 2.78. The average Bonchev–Trinajstić information content (AvgIpc) is 2.65. The van der Waals surface area contributed by atoms with E-state index < -0.39 is 0 Å². The van der Waals surface area contributed by atoms with Crippen LogP contribution >= 0.6 is 0 Å². The molecule has 0 aromatic heterocycles. The molecule has 2 atom stereocenters. The van der Waals surface area contributed by atoms with Gasteiger partial charge in [0.1, 0.15) is 5.75 Å². The molecule has 1 aliphatic rings. The highest BCUT2D eigenvalue weighted by molar-refractivity contribution is 5.34. The van der Waals surface area contributed by atoms with E-state index in [2.05, 4.69) is 52.0 Å². The maximum Gasteiger partial charge on any atom is 0.122 e. The summed E-state index contributed by atoms with van der Waals surface area (Å²) in [5.74, 6) is 1.93. The van der Waals surface area contributed by atoms with Crippen LogP contribution in [0.2, 0.25) is 0 Å². The summed E-state index contributed by atoms with van der Waals surface area (Å²) in [6, 6.07) is 8.54. The summed E-state index contributed by atoms with van der Waals surface area (Å²) >= 11 is 0. The summed E-state index contributed by atoms with van der Waals surface area (Å²) in [4.78, 5) is 0. The van der Waals surface area contributed by atoms with Crippen LogP contribution in [0.5, 0.6) is 5.75 Å². The Morgan fingerprint density at radius 2 is 1.89 bits per heavy atom. The fourth-order valence-electron chi connectivity index (χ4n) is 2.78. The van der Waals surface area contributed by atoms with E-state index in [1.54, 1.807) is 0 Å². The molecule has 1 nitrogen and oxygen atoms in total. The lowest BCUT2D eigenvalue weighted by molar-refractivity contribution is 0.201. The predicted octanol–water partition coefficient (Wildman–Crippen LogP) is 4.84. The van der Waals surface area contributed by atoms with Crippen molar-refractivity contribution < 1.29 is 4.74 Å². The fraction of sp³-hybridized carbons (Fsp3) is 0.647. The topological polar surface area (TPSA) is 9.23 Å². The van der Waals surface area contributed by atoms with Crippen LogP contribution in [0.3, 0.4) is 0 Å². The predicted molar refractivity (Wildman–Crippen MR) is 77.0 cm³/mol. The Morgan fingerprint density at radius 1 is 1.17 bits per heavy atom. The summed E-state index contributed by atoms with van der Waals surface area (Å²) in [6.07, 6.45) is 5.24. The average molecular weight is 246 g/mol. The van der Waals surface area contributed by atoms with Gasteiger partial charge in [0.15, 0.2) is 0 Å². The van der Waals surface area contributed by atoms with Crippen LogP contribution in [0, 0.1) is 11.3 Å². The third-order valence-corrected chi connectivity index (χ3v) is 3.63. The lowest BCUT2D eigenvalue weighted by Gasteiger charge is -2.22. The van der Waals surface area contributed by atoms with E-state index in [4.69, 9.17) is 4.74 Å². The largest absolute Gasteiger partial charge is 0.490 e. The van der Waals surface area contributed by atoms with Gasteiger partial charge in [0.05, 0.1) is 6.10 Å². The first-order valence-electron chi connectivity index (χ1n) is 7.18. The molecular weight excluding hydrogens is 220 g/mol. The van der Waals surface area contributed by atoms with Gasteiger partial charge in [-0.1, -0.05) is 45.9 Å². The second kappa shape index (κ2) is 5.34. The highest BCUT2D eigenvalue weighted by Crippen LogP contribution is 2.32. The van der Waals surface area contributed by atoms with Crippen molar-refractivity contribution in [1.29, 1.82) is 0 Å². The van der Waals surface area contributed by atoms with E-state index in [9.17, 15) is 0 Å². The van der Waals surface area contributed by atoms with Gasteiger partial charge < -0.3 is 4.74 Å². The van der Waals surface area contributed by atoms with Crippen LogP contribution in [0.15, 0.2) is 24.3 Å². The molecule has 0 amide bonds. The van der Waals surface area contributed by atoms with Crippen LogP contribution < -0.4 is 4.74 Å². The maximum absolute atomic E-state index is 6.22. The first-order valence-corrected chi connectivity index (χ1v) is 7.18. The first kappa shape index (κ1) is 13.5. The molecule has 2 rings (SSSR count).